The van der Waals surface area contributed by atoms with Crippen LogP contribution in [-0.4, -0.2) is 28.7 Å². The number of amides is 1. The van der Waals surface area contributed by atoms with E-state index in [1.807, 2.05) is 31.7 Å². The first-order valence-corrected chi connectivity index (χ1v) is 8.32. The Morgan fingerprint density at radius 3 is 2.78 bits per heavy atom. The third-order valence-corrected chi connectivity index (χ3v) is 4.49. The fourth-order valence-electron chi connectivity index (χ4n) is 3.51. The highest BCUT2D eigenvalue weighted by Gasteiger charge is 2.41. The maximum absolute atomic E-state index is 12.5. The molecule has 0 radical (unpaired) electrons. The van der Waals surface area contributed by atoms with Gasteiger partial charge in [0.05, 0.1) is 6.04 Å². The molecule has 0 spiro atoms. The molecule has 3 rings (SSSR count). The lowest BCUT2D eigenvalue weighted by Gasteiger charge is -2.35. The highest BCUT2D eigenvalue weighted by molar-refractivity contribution is 5.75. The van der Waals surface area contributed by atoms with Crippen molar-refractivity contribution in [3.8, 4) is 0 Å². The summed E-state index contributed by atoms with van der Waals surface area (Å²) in [6.45, 7) is 9.59. The molecule has 2 bridgehead atoms. The molecule has 2 aliphatic rings. The summed E-state index contributed by atoms with van der Waals surface area (Å²) in [5.74, 6) is 0. The molecule has 122 valence electrons. The first-order valence-electron chi connectivity index (χ1n) is 8.32. The van der Waals surface area contributed by atoms with Crippen molar-refractivity contribution < 1.29 is 9.53 Å². The van der Waals surface area contributed by atoms with Gasteiger partial charge in [-0.05, 0) is 62.8 Å². The number of nitrogens with zero attached hydrogens (tertiary/aromatic N) is 1. The summed E-state index contributed by atoms with van der Waals surface area (Å²) in [5.41, 5.74) is 3.26. The average molecular weight is 311 g/mol. The van der Waals surface area contributed by atoms with E-state index in [9.17, 15) is 4.79 Å². The molecule has 1 fully saturated rings. The molecule has 1 aromatic carbocycles. The first kappa shape index (κ1) is 15.9. The molecule has 0 aliphatic carbocycles. The minimum atomic E-state index is -0.446. The number of fused-ring (bicyclic) bond motifs is 2. The predicted molar refractivity (Wildman–Crippen MR) is 94.0 cm³/mol. The van der Waals surface area contributed by atoms with Gasteiger partial charge in [0.25, 0.3) is 0 Å². The van der Waals surface area contributed by atoms with Crippen LogP contribution in [0.4, 0.5) is 4.79 Å². The standard InChI is InChI=1S/C20H25NO2/c1-5-14-7-6-8-15(11-14)16-12-17-9-10-18(13-16)21(17)19(22)23-20(2,3)4/h5-8,11-12,17-18H,1,9-10,13H2,2-4H3. The van der Waals surface area contributed by atoms with Crippen LogP contribution in [0.5, 0.6) is 0 Å². The number of ether oxygens (including phenoxy) is 1. The normalized spacial score (nSPS) is 23.4. The van der Waals surface area contributed by atoms with Crippen LogP contribution in [0.25, 0.3) is 11.6 Å². The van der Waals surface area contributed by atoms with Gasteiger partial charge < -0.3 is 4.74 Å². The van der Waals surface area contributed by atoms with Gasteiger partial charge in [0.2, 0.25) is 0 Å². The second-order valence-corrected chi connectivity index (χ2v) is 7.41. The number of hydrogen-bond acceptors (Lipinski definition) is 2. The highest BCUT2D eigenvalue weighted by Crippen LogP contribution is 2.39. The molecule has 2 heterocycles. The lowest BCUT2D eigenvalue weighted by Crippen LogP contribution is -2.45. The number of carbonyl (C=O) groups excluding carboxylic acids is 1. The van der Waals surface area contributed by atoms with Crippen molar-refractivity contribution in [2.24, 2.45) is 0 Å². The van der Waals surface area contributed by atoms with Crippen LogP contribution in [0.3, 0.4) is 0 Å². The van der Waals surface area contributed by atoms with Crippen molar-refractivity contribution in [1.82, 2.24) is 4.90 Å². The quantitative estimate of drug-likeness (QED) is 0.778. The second-order valence-electron chi connectivity index (χ2n) is 7.41. The zero-order valence-electron chi connectivity index (χ0n) is 14.2. The van der Waals surface area contributed by atoms with Gasteiger partial charge >= 0.3 is 6.09 Å². The molecule has 0 saturated carbocycles. The van der Waals surface area contributed by atoms with Crippen molar-refractivity contribution >= 4 is 17.7 Å². The van der Waals surface area contributed by atoms with E-state index < -0.39 is 5.60 Å². The third-order valence-electron chi connectivity index (χ3n) is 4.49. The second kappa shape index (κ2) is 5.88. The molecule has 2 unspecified atom stereocenters. The van der Waals surface area contributed by atoms with Gasteiger partial charge in [-0.2, -0.15) is 0 Å². The van der Waals surface area contributed by atoms with Crippen LogP contribution in [0.2, 0.25) is 0 Å². The molecule has 1 saturated heterocycles. The van der Waals surface area contributed by atoms with Gasteiger partial charge in [-0.3, -0.25) is 4.90 Å². The van der Waals surface area contributed by atoms with Crippen LogP contribution in [0, 0.1) is 0 Å². The van der Waals surface area contributed by atoms with Crippen molar-refractivity contribution in [1.29, 1.82) is 0 Å². The summed E-state index contributed by atoms with van der Waals surface area (Å²) >= 11 is 0. The number of benzene rings is 1. The van der Waals surface area contributed by atoms with Crippen molar-refractivity contribution in [2.75, 3.05) is 0 Å². The van der Waals surface area contributed by atoms with E-state index in [1.54, 1.807) is 0 Å². The Kier molecular flexibility index (Phi) is 4.05. The lowest BCUT2D eigenvalue weighted by atomic mass is 9.94. The minimum Gasteiger partial charge on any atom is -0.444 e. The van der Waals surface area contributed by atoms with E-state index in [0.29, 0.717) is 0 Å². The maximum atomic E-state index is 12.5. The van der Waals surface area contributed by atoms with Crippen molar-refractivity contribution in [2.45, 2.75) is 57.7 Å². The van der Waals surface area contributed by atoms with Crippen LogP contribution in [0.15, 0.2) is 36.9 Å². The van der Waals surface area contributed by atoms with Crippen LogP contribution in [-0.2, 0) is 4.74 Å². The molecule has 1 aromatic rings. The zero-order valence-corrected chi connectivity index (χ0v) is 14.2. The largest absolute Gasteiger partial charge is 0.444 e. The van der Waals surface area contributed by atoms with Gasteiger partial charge in [-0.15, -0.1) is 0 Å². The number of rotatable bonds is 2. The Morgan fingerprint density at radius 1 is 1.35 bits per heavy atom. The topological polar surface area (TPSA) is 29.5 Å². The molecule has 3 heteroatoms. The summed E-state index contributed by atoms with van der Waals surface area (Å²) in [7, 11) is 0. The summed E-state index contributed by atoms with van der Waals surface area (Å²) in [5, 5.41) is 0. The summed E-state index contributed by atoms with van der Waals surface area (Å²) < 4.78 is 5.58. The van der Waals surface area contributed by atoms with E-state index in [1.165, 1.54) is 11.1 Å². The average Bonchev–Trinajstić information content (AvgIpc) is 2.76. The Morgan fingerprint density at radius 2 is 2.13 bits per heavy atom. The molecule has 3 nitrogen and oxygen atoms in total. The molecule has 2 atom stereocenters. The van der Waals surface area contributed by atoms with Crippen LogP contribution < -0.4 is 0 Å². The van der Waals surface area contributed by atoms with Gasteiger partial charge in [-0.1, -0.05) is 36.9 Å². The van der Waals surface area contributed by atoms with Crippen LogP contribution >= 0.6 is 0 Å². The van der Waals surface area contributed by atoms with Crippen LogP contribution in [0.1, 0.15) is 51.2 Å². The molecule has 23 heavy (non-hydrogen) atoms. The highest BCUT2D eigenvalue weighted by atomic mass is 16.6. The fourth-order valence-corrected chi connectivity index (χ4v) is 3.51. The van der Waals surface area contributed by atoms with Gasteiger partial charge in [0.15, 0.2) is 0 Å². The summed E-state index contributed by atoms with van der Waals surface area (Å²) in [6, 6.07) is 8.84. The summed E-state index contributed by atoms with van der Waals surface area (Å²) in [4.78, 5) is 14.4. The predicted octanol–water partition coefficient (Wildman–Crippen LogP) is 4.88. The first-order chi connectivity index (χ1) is 10.9. The Bertz CT molecular complexity index is 654. The minimum absolute atomic E-state index is 0.158. The van der Waals surface area contributed by atoms with Gasteiger partial charge in [0.1, 0.15) is 5.60 Å². The summed E-state index contributed by atoms with van der Waals surface area (Å²) in [6.07, 6.45) is 6.90. The SMILES string of the molecule is C=Cc1cccc(C2=CC3CCC(C2)N3C(=O)OC(C)(C)C)c1. The lowest BCUT2D eigenvalue weighted by molar-refractivity contribution is 0.0175. The monoisotopic (exact) mass is 311 g/mol. The molecular formula is C20H25NO2. The Balaban J connectivity index is 1.83. The maximum Gasteiger partial charge on any atom is 0.411 e. The van der Waals surface area contributed by atoms with E-state index in [4.69, 9.17) is 4.74 Å². The van der Waals surface area contributed by atoms with E-state index in [2.05, 4.69) is 36.9 Å². The smallest absolute Gasteiger partial charge is 0.411 e. The van der Waals surface area contributed by atoms with Gasteiger partial charge in [-0.25, -0.2) is 4.79 Å². The molecule has 1 amide bonds. The molecular weight excluding hydrogens is 286 g/mol. The third kappa shape index (κ3) is 3.34. The zero-order chi connectivity index (χ0) is 16.6. The Hall–Kier alpha value is -2.03. The van der Waals surface area contributed by atoms with E-state index >= 15 is 0 Å². The Labute approximate surface area is 138 Å². The van der Waals surface area contributed by atoms with E-state index in [0.717, 1.165) is 24.8 Å². The molecule has 0 N–H and O–H groups in total. The van der Waals surface area contributed by atoms with E-state index in [-0.39, 0.29) is 18.2 Å². The van der Waals surface area contributed by atoms with Crippen molar-refractivity contribution in [3.63, 3.8) is 0 Å². The van der Waals surface area contributed by atoms with Crippen molar-refractivity contribution in [3.05, 3.63) is 48.0 Å². The van der Waals surface area contributed by atoms with Gasteiger partial charge in [0, 0.05) is 6.04 Å². The fraction of sp³-hybridized carbons (Fsp3) is 0.450. The molecule has 0 aromatic heterocycles. The number of carbonyl (C=O) groups is 1. The number of hydrogen-bond donors (Lipinski definition) is 0. The molecule has 2 aliphatic heterocycles.